The lowest BCUT2D eigenvalue weighted by atomic mass is 9.94. The van der Waals surface area contributed by atoms with Gasteiger partial charge in [-0.3, -0.25) is 0 Å². The van der Waals surface area contributed by atoms with Gasteiger partial charge in [0.25, 0.3) is 0 Å². The zero-order chi connectivity index (χ0) is 10.2. The smallest absolute Gasteiger partial charge is 0.00465 e. The molecule has 1 saturated carbocycles. The number of hydrogen-bond donors (Lipinski definition) is 0. The van der Waals surface area contributed by atoms with E-state index < -0.39 is 0 Å². The van der Waals surface area contributed by atoms with Crippen molar-refractivity contribution in [1.29, 1.82) is 0 Å². The fourth-order valence-electron chi connectivity index (χ4n) is 2.32. The quantitative estimate of drug-likeness (QED) is 0.674. The zero-order valence-corrected chi connectivity index (χ0v) is 9.51. The molecule has 0 bridgehead atoms. The Labute approximate surface area is 87.3 Å². The second kappa shape index (κ2) is 3.42. The molecule has 2 atom stereocenters. The third kappa shape index (κ3) is 1.58. The minimum atomic E-state index is 0.491. The Kier molecular flexibility index (Phi) is 2.38. The molecule has 0 heteroatoms. The summed E-state index contributed by atoms with van der Waals surface area (Å²) >= 11 is 0. The molecule has 2 unspecified atom stereocenters. The van der Waals surface area contributed by atoms with Gasteiger partial charge in [0.2, 0.25) is 0 Å². The van der Waals surface area contributed by atoms with Crippen molar-refractivity contribution >= 4 is 0 Å². The first-order valence-electron chi connectivity index (χ1n) is 5.76. The summed E-state index contributed by atoms with van der Waals surface area (Å²) in [6, 6.07) is 9.26. The second-order valence-corrected chi connectivity index (χ2v) is 4.97. The summed E-state index contributed by atoms with van der Waals surface area (Å²) in [6.07, 6.45) is 3.82. The molecule has 0 saturated heterocycles. The standard InChI is InChI=1S/C14H20/c1-4-5-12-6-8-13(9-7-12)14(3)10-11(14)2/h6-9,11H,4-5,10H2,1-3H3. The zero-order valence-electron chi connectivity index (χ0n) is 9.51. The fraction of sp³-hybridized carbons (Fsp3) is 0.571. The molecule has 0 nitrogen and oxygen atoms in total. The van der Waals surface area contributed by atoms with Gasteiger partial charge >= 0.3 is 0 Å². The van der Waals surface area contributed by atoms with Crippen molar-refractivity contribution in [3.05, 3.63) is 35.4 Å². The van der Waals surface area contributed by atoms with E-state index in [2.05, 4.69) is 45.0 Å². The van der Waals surface area contributed by atoms with Crippen molar-refractivity contribution in [3.63, 3.8) is 0 Å². The van der Waals surface area contributed by atoms with E-state index in [4.69, 9.17) is 0 Å². The Bertz CT molecular complexity index is 309. The highest BCUT2D eigenvalue weighted by atomic mass is 14.5. The van der Waals surface area contributed by atoms with E-state index in [-0.39, 0.29) is 0 Å². The van der Waals surface area contributed by atoms with Crippen LogP contribution < -0.4 is 0 Å². The van der Waals surface area contributed by atoms with Gasteiger partial charge in [0, 0.05) is 0 Å². The van der Waals surface area contributed by atoms with E-state index >= 15 is 0 Å². The van der Waals surface area contributed by atoms with E-state index in [0.717, 1.165) is 5.92 Å². The maximum absolute atomic E-state index is 2.38. The van der Waals surface area contributed by atoms with Crippen LogP contribution in [-0.2, 0) is 11.8 Å². The molecule has 0 spiro atoms. The molecule has 1 aliphatic rings. The summed E-state index contributed by atoms with van der Waals surface area (Å²) in [5.74, 6) is 0.875. The summed E-state index contributed by atoms with van der Waals surface area (Å²) in [7, 11) is 0. The van der Waals surface area contributed by atoms with Gasteiger partial charge in [-0.15, -0.1) is 0 Å². The lowest BCUT2D eigenvalue weighted by Crippen LogP contribution is -2.02. The molecule has 0 radical (unpaired) electrons. The number of benzene rings is 1. The highest BCUT2D eigenvalue weighted by molar-refractivity contribution is 5.34. The maximum Gasteiger partial charge on any atom is -0.00465 e. The molecule has 0 aromatic heterocycles. The predicted molar refractivity (Wildman–Crippen MR) is 61.6 cm³/mol. The molecule has 1 aromatic carbocycles. The Hall–Kier alpha value is -0.780. The van der Waals surface area contributed by atoms with Crippen LogP contribution in [0.2, 0.25) is 0 Å². The molecule has 0 amide bonds. The van der Waals surface area contributed by atoms with E-state index in [1.54, 1.807) is 0 Å². The average molecular weight is 188 g/mol. The first kappa shape index (κ1) is 9.76. The summed E-state index contributed by atoms with van der Waals surface area (Å²) in [6.45, 7) is 6.96. The van der Waals surface area contributed by atoms with Gasteiger partial charge < -0.3 is 0 Å². The first-order chi connectivity index (χ1) is 6.66. The van der Waals surface area contributed by atoms with Crippen molar-refractivity contribution < 1.29 is 0 Å². The van der Waals surface area contributed by atoms with Crippen molar-refractivity contribution in [2.45, 2.75) is 45.4 Å². The monoisotopic (exact) mass is 188 g/mol. The predicted octanol–water partition coefficient (Wildman–Crippen LogP) is 3.94. The largest absolute Gasteiger partial charge is 0.0651 e. The van der Waals surface area contributed by atoms with Crippen LogP contribution in [0, 0.1) is 5.92 Å². The number of rotatable bonds is 3. The lowest BCUT2D eigenvalue weighted by molar-refractivity contribution is 0.701. The highest BCUT2D eigenvalue weighted by Crippen LogP contribution is 2.53. The molecule has 1 fully saturated rings. The van der Waals surface area contributed by atoms with Crippen LogP contribution in [0.25, 0.3) is 0 Å². The first-order valence-corrected chi connectivity index (χ1v) is 5.76. The third-order valence-corrected chi connectivity index (χ3v) is 3.81. The molecule has 1 aromatic rings. The molecular formula is C14H20. The van der Waals surface area contributed by atoms with E-state index in [0.29, 0.717) is 5.41 Å². The van der Waals surface area contributed by atoms with Crippen LogP contribution in [0.3, 0.4) is 0 Å². The average Bonchev–Trinajstić information content (AvgIpc) is 2.78. The number of aryl methyl sites for hydroxylation is 1. The van der Waals surface area contributed by atoms with E-state index in [9.17, 15) is 0 Å². The molecule has 76 valence electrons. The summed E-state index contributed by atoms with van der Waals surface area (Å²) < 4.78 is 0. The Morgan fingerprint density at radius 3 is 2.29 bits per heavy atom. The van der Waals surface area contributed by atoms with Crippen LogP contribution in [-0.4, -0.2) is 0 Å². The van der Waals surface area contributed by atoms with Crippen molar-refractivity contribution in [2.75, 3.05) is 0 Å². The van der Waals surface area contributed by atoms with Crippen molar-refractivity contribution in [2.24, 2.45) is 5.92 Å². The molecule has 0 aliphatic heterocycles. The maximum atomic E-state index is 2.38. The van der Waals surface area contributed by atoms with E-state index in [1.807, 2.05) is 0 Å². The minimum absolute atomic E-state index is 0.491. The van der Waals surface area contributed by atoms with Crippen LogP contribution in [0.1, 0.15) is 44.7 Å². The Morgan fingerprint density at radius 2 is 1.86 bits per heavy atom. The van der Waals surface area contributed by atoms with Crippen LogP contribution >= 0.6 is 0 Å². The van der Waals surface area contributed by atoms with E-state index in [1.165, 1.54) is 30.4 Å². The molecule has 1 aliphatic carbocycles. The fourth-order valence-corrected chi connectivity index (χ4v) is 2.32. The topological polar surface area (TPSA) is 0 Å². The minimum Gasteiger partial charge on any atom is -0.0651 e. The molecule has 14 heavy (non-hydrogen) atoms. The summed E-state index contributed by atoms with van der Waals surface area (Å²) in [4.78, 5) is 0. The van der Waals surface area contributed by atoms with Crippen LogP contribution in [0.4, 0.5) is 0 Å². The van der Waals surface area contributed by atoms with Crippen molar-refractivity contribution in [3.8, 4) is 0 Å². The number of hydrogen-bond acceptors (Lipinski definition) is 0. The molecule has 0 heterocycles. The van der Waals surface area contributed by atoms with Gasteiger partial charge in [-0.2, -0.15) is 0 Å². The summed E-state index contributed by atoms with van der Waals surface area (Å²) in [5.41, 5.74) is 3.50. The van der Waals surface area contributed by atoms with Gasteiger partial charge in [0.15, 0.2) is 0 Å². The Balaban J connectivity index is 2.15. The molecule has 0 N–H and O–H groups in total. The normalized spacial score (nSPS) is 30.4. The molecule has 2 rings (SSSR count). The van der Waals surface area contributed by atoms with Crippen molar-refractivity contribution in [1.82, 2.24) is 0 Å². The van der Waals surface area contributed by atoms with Gasteiger partial charge in [-0.25, -0.2) is 0 Å². The summed E-state index contributed by atoms with van der Waals surface area (Å²) in [5, 5.41) is 0. The Morgan fingerprint density at radius 1 is 1.29 bits per heavy atom. The van der Waals surface area contributed by atoms with Gasteiger partial charge in [0.05, 0.1) is 0 Å². The van der Waals surface area contributed by atoms with Gasteiger partial charge in [-0.05, 0) is 35.3 Å². The molecular weight excluding hydrogens is 168 g/mol. The van der Waals surface area contributed by atoms with Crippen LogP contribution in [0.5, 0.6) is 0 Å². The highest BCUT2D eigenvalue weighted by Gasteiger charge is 2.47. The third-order valence-electron chi connectivity index (χ3n) is 3.81. The van der Waals surface area contributed by atoms with Gasteiger partial charge in [-0.1, -0.05) is 51.5 Å². The van der Waals surface area contributed by atoms with Crippen LogP contribution in [0.15, 0.2) is 24.3 Å². The second-order valence-electron chi connectivity index (χ2n) is 4.97. The van der Waals surface area contributed by atoms with Gasteiger partial charge in [0.1, 0.15) is 0 Å². The lowest BCUT2D eigenvalue weighted by Gasteiger charge is -2.10. The SMILES string of the molecule is CCCc1ccc(C2(C)CC2C)cc1.